The van der Waals surface area contributed by atoms with E-state index < -0.39 is 0 Å². The predicted molar refractivity (Wildman–Crippen MR) is 110 cm³/mol. The highest BCUT2D eigenvalue weighted by Gasteiger charge is 2.25. The van der Waals surface area contributed by atoms with Gasteiger partial charge in [0.15, 0.2) is 11.5 Å². The number of aryl methyl sites for hydroxylation is 2. The molecule has 1 fully saturated rings. The van der Waals surface area contributed by atoms with Crippen molar-refractivity contribution in [1.82, 2.24) is 10.2 Å². The third-order valence-corrected chi connectivity index (χ3v) is 5.52. The van der Waals surface area contributed by atoms with Crippen LogP contribution in [0.1, 0.15) is 29.2 Å². The third kappa shape index (κ3) is 5.08. The van der Waals surface area contributed by atoms with Crippen LogP contribution in [-0.4, -0.2) is 50.4 Å². The Balaban J connectivity index is 1.38. The van der Waals surface area contributed by atoms with Crippen LogP contribution in [0.5, 0.6) is 11.5 Å². The Hall–Kier alpha value is -2.57. The Labute approximate surface area is 171 Å². The van der Waals surface area contributed by atoms with E-state index >= 15 is 0 Å². The quantitative estimate of drug-likeness (QED) is 0.780. The number of hydrogen-bond acceptors (Lipinski definition) is 5. The molecule has 0 aliphatic carbocycles. The van der Waals surface area contributed by atoms with Crippen LogP contribution in [0.2, 0.25) is 0 Å². The van der Waals surface area contributed by atoms with Crippen molar-refractivity contribution in [2.45, 2.75) is 25.8 Å². The van der Waals surface area contributed by atoms with Crippen molar-refractivity contribution in [3.05, 3.63) is 59.2 Å². The number of benzene rings is 2. The van der Waals surface area contributed by atoms with Gasteiger partial charge in [-0.3, -0.25) is 9.69 Å². The zero-order valence-corrected chi connectivity index (χ0v) is 16.9. The summed E-state index contributed by atoms with van der Waals surface area (Å²) in [6.07, 6.45) is 1.23. The summed E-state index contributed by atoms with van der Waals surface area (Å²) in [5.41, 5.74) is 3.54. The van der Waals surface area contributed by atoms with Crippen LogP contribution in [0.15, 0.2) is 42.5 Å². The molecule has 0 radical (unpaired) electrons. The van der Waals surface area contributed by atoms with Crippen molar-refractivity contribution in [2.75, 3.05) is 39.6 Å². The summed E-state index contributed by atoms with van der Waals surface area (Å²) < 4.78 is 16.5. The molecule has 0 aromatic heterocycles. The van der Waals surface area contributed by atoms with Gasteiger partial charge in [0.05, 0.1) is 19.3 Å². The fourth-order valence-corrected chi connectivity index (χ4v) is 3.78. The lowest BCUT2D eigenvalue weighted by atomic mass is 10.0. The second-order valence-corrected chi connectivity index (χ2v) is 7.57. The van der Waals surface area contributed by atoms with Gasteiger partial charge in [0, 0.05) is 26.1 Å². The number of ether oxygens (including phenoxy) is 3. The number of carbonyl (C=O) groups is 1. The van der Waals surface area contributed by atoms with Crippen LogP contribution >= 0.6 is 0 Å². The first kappa shape index (κ1) is 19.7. The molecule has 1 unspecified atom stereocenters. The van der Waals surface area contributed by atoms with Gasteiger partial charge < -0.3 is 19.5 Å². The summed E-state index contributed by atoms with van der Waals surface area (Å²) >= 11 is 0. The first-order valence-electron chi connectivity index (χ1n) is 10.2. The van der Waals surface area contributed by atoms with Crippen molar-refractivity contribution in [1.29, 1.82) is 0 Å². The first-order valence-corrected chi connectivity index (χ1v) is 10.2. The summed E-state index contributed by atoms with van der Waals surface area (Å²) in [5.74, 6) is 1.62. The van der Waals surface area contributed by atoms with E-state index in [-0.39, 0.29) is 18.7 Å². The average molecular weight is 396 g/mol. The summed E-state index contributed by atoms with van der Waals surface area (Å²) in [7, 11) is 0. The predicted octanol–water partition coefficient (Wildman–Crippen LogP) is 2.85. The Morgan fingerprint density at radius 3 is 2.62 bits per heavy atom. The maximum absolute atomic E-state index is 12.5. The topological polar surface area (TPSA) is 60.0 Å². The van der Waals surface area contributed by atoms with Crippen molar-refractivity contribution in [2.24, 2.45) is 0 Å². The number of carbonyl (C=O) groups excluding carboxylic acids is 1. The average Bonchev–Trinajstić information content (AvgIpc) is 3.22. The van der Waals surface area contributed by atoms with Crippen molar-refractivity contribution >= 4 is 5.91 Å². The van der Waals surface area contributed by atoms with Crippen molar-refractivity contribution < 1.29 is 19.0 Å². The van der Waals surface area contributed by atoms with Gasteiger partial charge in [-0.05, 0) is 36.6 Å². The Kier molecular flexibility index (Phi) is 6.32. The molecule has 2 aromatic carbocycles. The monoisotopic (exact) mass is 396 g/mol. The molecule has 1 saturated heterocycles. The van der Waals surface area contributed by atoms with Crippen LogP contribution in [0, 0.1) is 6.92 Å². The molecule has 1 atom stereocenters. The lowest BCUT2D eigenvalue weighted by Gasteiger charge is -2.35. The normalized spacial score (nSPS) is 17.1. The highest BCUT2D eigenvalue weighted by atomic mass is 16.7. The molecule has 2 heterocycles. The maximum Gasteiger partial charge on any atom is 0.231 e. The molecule has 2 aromatic rings. The minimum atomic E-state index is 0.0737. The van der Waals surface area contributed by atoms with E-state index in [0.717, 1.165) is 36.6 Å². The highest BCUT2D eigenvalue weighted by molar-refractivity contribution is 5.76. The van der Waals surface area contributed by atoms with Gasteiger partial charge in [0.2, 0.25) is 12.7 Å². The minimum absolute atomic E-state index is 0.0737. The van der Waals surface area contributed by atoms with E-state index in [1.54, 1.807) is 0 Å². The zero-order chi connectivity index (χ0) is 20.1. The largest absolute Gasteiger partial charge is 0.454 e. The summed E-state index contributed by atoms with van der Waals surface area (Å²) in [5, 5.41) is 3.13. The van der Waals surface area contributed by atoms with Gasteiger partial charge in [-0.25, -0.2) is 0 Å². The van der Waals surface area contributed by atoms with Gasteiger partial charge in [-0.15, -0.1) is 0 Å². The van der Waals surface area contributed by atoms with Gasteiger partial charge in [-0.1, -0.05) is 35.9 Å². The lowest BCUT2D eigenvalue weighted by molar-refractivity contribution is -0.121. The number of morpholine rings is 1. The summed E-state index contributed by atoms with van der Waals surface area (Å²) in [6.45, 7) is 6.00. The number of rotatable bonds is 7. The molecule has 2 aliphatic heterocycles. The standard InChI is InChI=1S/C23H28N2O4/c1-17-2-4-18(5-3-17)6-9-23(26)24-15-20(25-10-12-27-13-11-25)19-7-8-21-22(14-19)29-16-28-21/h2-5,7-8,14,20H,6,9-13,15-16H2,1H3,(H,24,26). The van der Waals surface area contributed by atoms with Crippen LogP contribution in [0.3, 0.4) is 0 Å². The second kappa shape index (κ2) is 9.29. The second-order valence-electron chi connectivity index (χ2n) is 7.57. The van der Waals surface area contributed by atoms with E-state index in [9.17, 15) is 4.79 Å². The van der Waals surface area contributed by atoms with Crippen molar-refractivity contribution in [3.63, 3.8) is 0 Å². The number of fused-ring (bicyclic) bond motifs is 1. The molecular weight excluding hydrogens is 368 g/mol. The highest BCUT2D eigenvalue weighted by Crippen LogP contribution is 2.35. The lowest BCUT2D eigenvalue weighted by Crippen LogP contribution is -2.43. The molecule has 154 valence electrons. The SMILES string of the molecule is Cc1ccc(CCC(=O)NCC(c2ccc3c(c2)OCO3)N2CCOCC2)cc1. The fraction of sp³-hybridized carbons (Fsp3) is 0.435. The van der Waals surface area contributed by atoms with E-state index in [4.69, 9.17) is 14.2 Å². The van der Waals surface area contributed by atoms with Gasteiger partial charge in [0.25, 0.3) is 0 Å². The molecule has 6 heteroatoms. The summed E-state index contributed by atoms with van der Waals surface area (Å²) in [4.78, 5) is 14.9. The summed E-state index contributed by atoms with van der Waals surface area (Å²) in [6, 6.07) is 14.5. The van der Waals surface area contributed by atoms with Crippen LogP contribution in [0.25, 0.3) is 0 Å². The number of amides is 1. The molecule has 0 spiro atoms. The fourth-order valence-electron chi connectivity index (χ4n) is 3.78. The molecule has 29 heavy (non-hydrogen) atoms. The molecule has 6 nitrogen and oxygen atoms in total. The smallest absolute Gasteiger partial charge is 0.231 e. The minimum Gasteiger partial charge on any atom is -0.454 e. The van der Waals surface area contributed by atoms with E-state index in [2.05, 4.69) is 47.5 Å². The number of nitrogens with one attached hydrogen (secondary N) is 1. The Bertz CT molecular complexity index is 831. The maximum atomic E-state index is 12.5. The van der Waals surface area contributed by atoms with E-state index in [1.165, 1.54) is 11.1 Å². The number of nitrogens with zero attached hydrogens (tertiary/aromatic N) is 1. The molecule has 1 N–H and O–H groups in total. The number of hydrogen-bond donors (Lipinski definition) is 1. The van der Waals surface area contributed by atoms with Crippen LogP contribution in [-0.2, 0) is 16.0 Å². The Morgan fingerprint density at radius 2 is 1.83 bits per heavy atom. The first-order chi connectivity index (χ1) is 14.2. The molecule has 2 aliphatic rings. The molecule has 0 bridgehead atoms. The van der Waals surface area contributed by atoms with Gasteiger partial charge in [-0.2, -0.15) is 0 Å². The molecule has 4 rings (SSSR count). The van der Waals surface area contributed by atoms with Crippen LogP contribution < -0.4 is 14.8 Å². The zero-order valence-electron chi connectivity index (χ0n) is 16.9. The van der Waals surface area contributed by atoms with Crippen LogP contribution in [0.4, 0.5) is 0 Å². The van der Waals surface area contributed by atoms with E-state index in [0.29, 0.717) is 26.2 Å². The Morgan fingerprint density at radius 1 is 1.07 bits per heavy atom. The van der Waals surface area contributed by atoms with Crippen molar-refractivity contribution in [3.8, 4) is 11.5 Å². The van der Waals surface area contributed by atoms with Gasteiger partial charge >= 0.3 is 0 Å². The third-order valence-electron chi connectivity index (χ3n) is 5.52. The van der Waals surface area contributed by atoms with E-state index in [1.807, 2.05) is 12.1 Å². The van der Waals surface area contributed by atoms with Gasteiger partial charge in [0.1, 0.15) is 0 Å². The molecule has 1 amide bonds. The molecule has 0 saturated carbocycles. The molecular formula is C23H28N2O4.